The second kappa shape index (κ2) is 9.74. The highest BCUT2D eigenvalue weighted by Crippen LogP contribution is 2.29. The molecule has 8 nitrogen and oxygen atoms in total. The molecule has 0 saturated carbocycles. The molecule has 0 bridgehead atoms. The van der Waals surface area contributed by atoms with Gasteiger partial charge in [-0.1, -0.05) is 18.2 Å². The molecule has 1 fully saturated rings. The topological polar surface area (TPSA) is 94.0 Å². The number of amides is 1. The minimum atomic E-state index is -0.0227. The third-order valence-corrected chi connectivity index (χ3v) is 5.93. The van der Waals surface area contributed by atoms with Crippen LogP contribution < -0.4 is 4.74 Å². The van der Waals surface area contributed by atoms with Crippen LogP contribution in [-0.4, -0.2) is 48.8 Å². The van der Waals surface area contributed by atoms with Gasteiger partial charge in [0.15, 0.2) is 0 Å². The van der Waals surface area contributed by atoms with E-state index < -0.39 is 0 Å². The summed E-state index contributed by atoms with van der Waals surface area (Å²) in [4.78, 5) is 36.7. The Bertz CT molecular complexity index is 1300. The van der Waals surface area contributed by atoms with Crippen molar-refractivity contribution in [3.8, 4) is 22.9 Å². The normalized spacial score (nSPS) is 15.7. The summed E-state index contributed by atoms with van der Waals surface area (Å²) in [6.45, 7) is 3.27. The largest absolute Gasteiger partial charge is 0.437 e. The molecule has 1 atom stereocenters. The van der Waals surface area contributed by atoms with Crippen molar-refractivity contribution >= 4 is 5.91 Å². The van der Waals surface area contributed by atoms with Crippen molar-refractivity contribution in [2.45, 2.75) is 25.7 Å². The summed E-state index contributed by atoms with van der Waals surface area (Å²) in [6, 6.07) is 11.3. The summed E-state index contributed by atoms with van der Waals surface area (Å²) < 4.78 is 5.97. The van der Waals surface area contributed by atoms with Crippen molar-refractivity contribution in [1.29, 1.82) is 0 Å². The van der Waals surface area contributed by atoms with E-state index in [9.17, 15) is 4.79 Å². The monoisotopic (exact) mass is 452 g/mol. The van der Waals surface area contributed by atoms with Crippen LogP contribution in [0.1, 0.15) is 40.4 Å². The number of benzene rings is 1. The van der Waals surface area contributed by atoms with Gasteiger partial charge in [0.1, 0.15) is 12.1 Å². The number of likely N-dealkylation sites (tertiary alicyclic amines) is 1. The van der Waals surface area contributed by atoms with Gasteiger partial charge in [0.25, 0.3) is 5.91 Å². The fourth-order valence-electron chi connectivity index (χ4n) is 4.13. The number of aryl methyl sites for hydroxylation is 1. The van der Waals surface area contributed by atoms with Crippen LogP contribution in [0.15, 0.2) is 73.7 Å². The quantitative estimate of drug-likeness (QED) is 0.442. The first-order valence-electron chi connectivity index (χ1n) is 11.2. The van der Waals surface area contributed by atoms with E-state index in [1.807, 2.05) is 36.1 Å². The number of nitrogens with zero attached hydrogens (tertiary/aromatic N) is 6. The number of carbonyl (C=O) groups is 1. The minimum Gasteiger partial charge on any atom is -0.437 e. The van der Waals surface area contributed by atoms with Gasteiger partial charge >= 0.3 is 0 Å². The van der Waals surface area contributed by atoms with Crippen molar-refractivity contribution in [3.05, 3.63) is 90.5 Å². The molecule has 0 spiro atoms. The highest BCUT2D eigenvalue weighted by atomic mass is 16.5. The number of para-hydroxylation sites is 1. The van der Waals surface area contributed by atoms with Crippen LogP contribution in [0, 0.1) is 6.92 Å². The molecule has 4 aromatic rings. The molecule has 34 heavy (non-hydrogen) atoms. The van der Waals surface area contributed by atoms with E-state index in [0.717, 1.165) is 35.4 Å². The van der Waals surface area contributed by atoms with Crippen LogP contribution in [0.2, 0.25) is 0 Å². The number of ether oxygens (including phenoxy) is 1. The lowest BCUT2D eigenvalue weighted by Gasteiger charge is -2.32. The van der Waals surface area contributed by atoms with Crippen molar-refractivity contribution in [3.63, 3.8) is 0 Å². The fraction of sp³-hybridized carbons (Fsp3) is 0.231. The number of pyridine rings is 1. The molecule has 1 amide bonds. The minimum absolute atomic E-state index is 0.0227. The highest BCUT2D eigenvalue weighted by Gasteiger charge is 2.27. The molecule has 3 aromatic heterocycles. The fourth-order valence-corrected chi connectivity index (χ4v) is 4.13. The Balaban J connectivity index is 1.32. The van der Waals surface area contributed by atoms with E-state index in [0.29, 0.717) is 30.2 Å². The lowest BCUT2D eigenvalue weighted by molar-refractivity contribution is 0.0705. The molecule has 1 aliphatic rings. The Morgan fingerprint density at radius 1 is 1.06 bits per heavy atom. The molecule has 1 aliphatic heterocycles. The molecular formula is C26H24N6O2. The summed E-state index contributed by atoms with van der Waals surface area (Å²) in [5.41, 5.74) is 3.90. The predicted octanol–water partition coefficient (Wildman–Crippen LogP) is 4.45. The molecule has 1 aromatic carbocycles. The first-order valence-corrected chi connectivity index (χ1v) is 11.2. The molecule has 4 heterocycles. The number of hydrogen-bond donors (Lipinski definition) is 0. The van der Waals surface area contributed by atoms with E-state index in [1.165, 1.54) is 6.33 Å². The second-order valence-electron chi connectivity index (χ2n) is 8.30. The van der Waals surface area contributed by atoms with Gasteiger partial charge < -0.3 is 9.64 Å². The Morgan fingerprint density at radius 3 is 2.76 bits per heavy atom. The third kappa shape index (κ3) is 4.76. The molecule has 0 radical (unpaired) electrons. The van der Waals surface area contributed by atoms with Crippen LogP contribution in [0.3, 0.4) is 0 Å². The molecule has 0 aliphatic carbocycles. The van der Waals surface area contributed by atoms with Crippen LogP contribution in [0.25, 0.3) is 11.3 Å². The van der Waals surface area contributed by atoms with E-state index in [-0.39, 0.29) is 11.8 Å². The highest BCUT2D eigenvalue weighted by molar-refractivity contribution is 5.95. The maximum atomic E-state index is 13.3. The van der Waals surface area contributed by atoms with Crippen LogP contribution in [0.5, 0.6) is 11.6 Å². The smallest absolute Gasteiger partial charge is 0.254 e. The van der Waals surface area contributed by atoms with E-state index in [1.54, 1.807) is 43.1 Å². The van der Waals surface area contributed by atoms with Crippen LogP contribution in [0.4, 0.5) is 0 Å². The summed E-state index contributed by atoms with van der Waals surface area (Å²) >= 11 is 0. The summed E-state index contributed by atoms with van der Waals surface area (Å²) in [7, 11) is 0. The van der Waals surface area contributed by atoms with Gasteiger partial charge in [-0.05, 0) is 43.5 Å². The van der Waals surface area contributed by atoms with Crippen molar-refractivity contribution in [1.82, 2.24) is 29.8 Å². The summed E-state index contributed by atoms with van der Waals surface area (Å²) in [6.07, 6.45) is 11.7. The Hall–Kier alpha value is -4.20. The zero-order valence-corrected chi connectivity index (χ0v) is 18.8. The Labute approximate surface area is 197 Å². The zero-order chi connectivity index (χ0) is 23.3. The van der Waals surface area contributed by atoms with Gasteiger partial charge in [-0.2, -0.15) is 0 Å². The van der Waals surface area contributed by atoms with Gasteiger partial charge in [-0.3, -0.25) is 14.8 Å². The zero-order valence-electron chi connectivity index (χ0n) is 18.8. The average Bonchev–Trinajstić information content (AvgIpc) is 2.90. The van der Waals surface area contributed by atoms with Crippen LogP contribution in [-0.2, 0) is 0 Å². The van der Waals surface area contributed by atoms with Crippen molar-refractivity contribution < 1.29 is 9.53 Å². The second-order valence-corrected chi connectivity index (χ2v) is 8.30. The SMILES string of the molecule is Cc1ccccc1Oc1cncc([C@@H]2CCCN(C(=O)c3ccnc(-c4cncnc4)c3)C2)n1. The van der Waals surface area contributed by atoms with Gasteiger partial charge in [0.2, 0.25) is 5.88 Å². The molecule has 0 N–H and O–H groups in total. The molecule has 0 unspecified atom stereocenters. The van der Waals surface area contributed by atoms with Gasteiger partial charge in [0, 0.05) is 54.9 Å². The molecule has 8 heteroatoms. The maximum Gasteiger partial charge on any atom is 0.254 e. The predicted molar refractivity (Wildman–Crippen MR) is 126 cm³/mol. The molecular weight excluding hydrogens is 428 g/mol. The number of hydrogen-bond acceptors (Lipinski definition) is 7. The van der Waals surface area contributed by atoms with Crippen molar-refractivity contribution in [2.75, 3.05) is 13.1 Å². The van der Waals surface area contributed by atoms with Gasteiger partial charge in [-0.15, -0.1) is 0 Å². The summed E-state index contributed by atoms with van der Waals surface area (Å²) in [5.74, 6) is 1.28. The Morgan fingerprint density at radius 2 is 1.91 bits per heavy atom. The first kappa shape index (κ1) is 21.6. The average molecular weight is 453 g/mol. The lowest BCUT2D eigenvalue weighted by Crippen LogP contribution is -2.39. The molecule has 170 valence electrons. The van der Waals surface area contributed by atoms with E-state index in [4.69, 9.17) is 9.72 Å². The maximum absolute atomic E-state index is 13.3. The lowest BCUT2D eigenvalue weighted by atomic mass is 9.94. The van der Waals surface area contributed by atoms with Crippen LogP contribution >= 0.6 is 0 Å². The number of piperidine rings is 1. The molecule has 5 rings (SSSR count). The number of aromatic nitrogens is 5. The van der Waals surface area contributed by atoms with Gasteiger partial charge in [0.05, 0.1) is 17.6 Å². The van der Waals surface area contributed by atoms with E-state index >= 15 is 0 Å². The first-order chi connectivity index (χ1) is 16.7. The van der Waals surface area contributed by atoms with E-state index in [2.05, 4.69) is 19.9 Å². The Kier molecular flexibility index (Phi) is 6.20. The standard InChI is InChI=1S/C26H24N6O2/c1-18-5-2-3-7-24(18)34-25-15-27-14-23(31-25)20-6-4-10-32(16-20)26(33)19-8-9-30-22(11-19)21-12-28-17-29-13-21/h2-3,5,7-9,11-15,17,20H,4,6,10,16H2,1H3/t20-/m1/s1. The molecule has 1 saturated heterocycles. The third-order valence-electron chi connectivity index (χ3n) is 5.93. The van der Waals surface area contributed by atoms with Gasteiger partial charge in [-0.25, -0.2) is 15.0 Å². The van der Waals surface area contributed by atoms with Crippen molar-refractivity contribution in [2.24, 2.45) is 0 Å². The number of rotatable bonds is 5. The summed E-state index contributed by atoms with van der Waals surface area (Å²) in [5, 5.41) is 0. The number of carbonyl (C=O) groups excluding carboxylic acids is 1.